The van der Waals surface area contributed by atoms with Gasteiger partial charge in [-0.15, -0.1) is 11.3 Å². The molecule has 0 atom stereocenters. The maximum Gasteiger partial charge on any atom is 0.340 e. The monoisotopic (exact) mass is 446 g/mol. The number of rotatable bonds is 3. The standard InChI is InChI=1S/C24H18N2O5S/c25-21-17(6-5-16-20(21)23(29)15-4-2-1-3-14(15)22(16)28)24(30)31-12-19(27)26-9-7-18-13(11-26)8-10-32-18/h1-6,8,10H,7,9,11-12,25H2. The number of carbonyl (C=O) groups excluding carboxylic acids is 4. The van der Waals surface area contributed by atoms with Crippen molar-refractivity contribution in [3.8, 4) is 0 Å². The minimum atomic E-state index is -0.814. The molecule has 160 valence electrons. The van der Waals surface area contributed by atoms with Gasteiger partial charge in [-0.3, -0.25) is 14.4 Å². The maximum atomic E-state index is 13.0. The third-order valence-corrected chi connectivity index (χ3v) is 6.86. The van der Waals surface area contributed by atoms with Gasteiger partial charge >= 0.3 is 5.97 Å². The van der Waals surface area contributed by atoms with Crippen LogP contribution in [0, 0.1) is 0 Å². The predicted octanol–water partition coefficient (Wildman–Crippen LogP) is 2.85. The molecule has 0 saturated heterocycles. The molecule has 0 spiro atoms. The Labute approximate surface area is 187 Å². The van der Waals surface area contributed by atoms with E-state index in [0.29, 0.717) is 18.7 Å². The van der Waals surface area contributed by atoms with Gasteiger partial charge in [0, 0.05) is 34.7 Å². The number of fused-ring (bicyclic) bond motifs is 3. The van der Waals surface area contributed by atoms with E-state index in [1.165, 1.54) is 17.0 Å². The van der Waals surface area contributed by atoms with Gasteiger partial charge in [0.05, 0.1) is 16.8 Å². The average molecular weight is 446 g/mol. The van der Waals surface area contributed by atoms with Crippen molar-refractivity contribution in [2.24, 2.45) is 0 Å². The highest BCUT2D eigenvalue weighted by molar-refractivity contribution is 7.10. The zero-order chi connectivity index (χ0) is 22.4. The summed E-state index contributed by atoms with van der Waals surface area (Å²) in [7, 11) is 0. The lowest BCUT2D eigenvalue weighted by Crippen LogP contribution is -2.38. The first kappa shape index (κ1) is 20.1. The van der Waals surface area contributed by atoms with E-state index >= 15 is 0 Å². The molecule has 1 aromatic heterocycles. The summed E-state index contributed by atoms with van der Waals surface area (Å²) in [6.45, 7) is 0.637. The van der Waals surface area contributed by atoms with Crippen LogP contribution in [-0.2, 0) is 22.5 Å². The molecule has 32 heavy (non-hydrogen) atoms. The first-order chi connectivity index (χ1) is 15.5. The molecule has 0 fully saturated rings. The van der Waals surface area contributed by atoms with E-state index in [9.17, 15) is 19.2 Å². The quantitative estimate of drug-likeness (QED) is 0.383. The molecule has 2 heterocycles. The molecule has 0 unspecified atom stereocenters. The maximum absolute atomic E-state index is 13.0. The number of hydrogen-bond donors (Lipinski definition) is 1. The van der Waals surface area contributed by atoms with Crippen molar-refractivity contribution in [1.29, 1.82) is 0 Å². The van der Waals surface area contributed by atoms with Crippen LogP contribution in [0.1, 0.15) is 52.6 Å². The van der Waals surface area contributed by atoms with Crippen molar-refractivity contribution in [3.05, 3.63) is 86.1 Å². The van der Waals surface area contributed by atoms with Crippen LogP contribution in [0.4, 0.5) is 5.69 Å². The summed E-state index contributed by atoms with van der Waals surface area (Å²) in [6.07, 6.45) is 0.780. The highest BCUT2D eigenvalue weighted by atomic mass is 32.1. The molecule has 8 heteroatoms. The number of nitrogens with two attached hydrogens (primary N) is 1. The zero-order valence-electron chi connectivity index (χ0n) is 16.9. The van der Waals surface area contributed by atoms with Crippen LogP contribution in [0.25, 0.3) is 0 Å². The molecule has 1 amide bonds. The topological polar surface area (TPSA) is 107 Å². The lowest BCUT2D eigenvalue weighted by atomic mass is 9.82. The summed E-state index contributed by atoms with van der Waals surface area (Å²) < 4.78 is 5.21. The highest BCUT2D eigenvalue weighted by Gasteiger charge is 2.33. The second kappa shape index (κ2) is 7.72. The van der Waals surface area contributed by atoms with Gasteiger partial charge in [-0.2, -0.15) is 0 Å². The Morgan fingerprint density at radius 3 is 2.53 bits per heavy atom. The number of hydrogen-bond acceptors (Lipinski definition) is 7. The van der Waals surface area contributed by atoms with Crippen LogP contribution in [0.3, 0.4) is 0 Å². The summed E-state index contributed by atoms with van der Waals surface area (Å²) in [6, 6.07) is 11.2. The van der Waals surface area contributed by atoms with Crippen LogP contribution < -0.4 is 5.73 Å². The number of esters is 1. The summed E-state index contributed by atoms with van der Waals surface area (Å²) >= 11 is 1.67. The molecular formula is C24H18N2O5S. The second-order valence-corrected chi connectivity index (χ2v) is 8.66. The van der Waals surface area contributed by atoms with Gasteiger partial charge in [0.15, 0.2) is 18.2 Å². The van der Waals surface area contributed by atoms with Gasteiger partial charge in [0.1, 0.15) is 0 Å². The lowest BCUT2D eigenvalue weighted by molar-refractivity contribution is -0.135. The van der Waals surface area contributed by atoms with Gasteiger partial charge in [-0.05, 0) is 35.6 Å². The number of ketones is 2. The van der Waals surface area contributed by atoms with E-state index in [1.807, 2.05) is 11.4 Å². The Kier molecular flexibility index (Phi) is 4.86. The summed E-state index contributed by atoms with van der Waals surface area (Å²) in [5.74, 6) is -1.86. The van der Waals surface area contributed by atoms with Gasteiger partial charge in [-0.25, -0.2) is 4.79 Å². The van der Waals surface area contributed by atoms with Crippen LogP contribution in [0.5, 0.6) is 0 Å². The Hall–Kier alpha value is -3.78. The molecule has 2 aromatic carbocycles. The molecule has 0 saturated carbocycles. The third-order valence-electron chi connectivity index (χ3n) is 5.84. The van der Waals surface area contributed by atoms with E-state index in [2.05, 4.69) is 0 Å². The molecule has 1 aliphatic carbocycles. The average Bonchev–Trinajstić information content (AvgIpc) is 3.28. The van der Waals surface area contributed by atoms with Crippen molar-refractivity contribution in [3.63, 3.8) is 0 Å². The van der Waals surface area contributed by atoms with Crippen molar-refractivity contribution < 1.29 is 23.9 Å². The van der Waals surface area contributed by atoms with Crippen molar-refractivity contribution in [1.82, 2.24) is 4.90 Å². The van der Waals surface area contributed by atoms with Crippen LogP contribution >= 0.6 is 11.3 Å². The van der Waals surface area contributed by atoms with Gasteiger partial charge in [0.25, 0.3) is 5.91 Å². The third kappa shape index (κ3) is 3.20. The molecular weight excluding hydrogens is 428 g/mol. The van der Waals surface area contributed by atoms with Gasteiger partial charge in [-0.1, -0.05) is 24.3 Å². The number of amides is 1. The fourth-order valence-electron chi connectivity index (χ4n) is 4.15. The number of thiophene rings is 1. The summed E-state index contributed by atoms with van der Waals surface area (Å²) in [5.41, 5.74) is 7.79. The number of benzene rings is 2. The van der Waals surface area contributed by atoms with Gasteiger partial charge in [0.2, 0.25) is 0 Å². The van der Waals surface area contributed by atoms with E-state index in [1.54, 1.807) is 40.5 Å². The summed E-state index contributed by atoms with van der Waals surface area (Å²) in [4.78, 5) is 53.8. The molecule has 2 aliphatic rings. The Bertz CT molecular complexity index is 1310. The zero-order valence-corrected chi connectivity index (χ0v) is 17.7. The van der Waals surface area contributed by atoms with Crippen molar-refractivity contribution in [2.75, 3.05) is 18.9 Å². The van der Waals surface area contributed by atoms with E-state index in [4.69, 9.17) is 10.5 Å². The molecule has 0 bridgehead atoms. The van der Waals surface area contributed by atoms with E-state index in [-0.39, 0.29) is 39.6 Å². The highest BCUT2D eigenvalue weighted by Crippen LogP contribution is 2.33. The fraction of sp³-hybridized carbons (Fsp3) is 0.167. The number of carbonyl (C=O) groups is 4. The van der Waals surface area contributed by atoms with Crippen LogP contribution in [0.2, 0.25) is 0 Å². The Morgan fingerprint density at radius 2 is 1.75 bits per heavy atom. The largest absolute Gasteiger partial charge is 0.452 e. The second-order valence-electron chi connectivity index (χ2n) is 7.66. The molecule has 0 radical (unpaired) electrons. The molecule has 7 nitrogen and oxygen atoms in total. The van der Waals surface area contributed by atoms with Crippen molar-refractivity contribution >= 4 is 40.5 Å². The molecule has 2 N–H and O–H groups in total. The van der Waals surface area contributed by atoms with E-state index < -0.39 is 18.4 Å². The number of nitrogens with zero attached hydrogens (tertiary/aromatic N) is 1. The first-order valence-electron chi connectivity index (χ1n) is 10.1. The Balaban J connectivity index is 1.34. The molecule has 3 aromatic rings. The first-order valence-corrected chi connectivity index (χ1v) is 10.9. The number of ether oxygens (including phenoxy) is 1. The predicted molar refractivity (Wildman–Crippen MR) is 118 cm³/mol. The SMILES string of the molecule is Nc1c(C(=O)OCC(=O)N2CCc3sccc3C2)ccc2c1C(=O)c1ccccc1C2=O. The minimum absolute atomic E-state index is 0.00417. The Morgan fingerprint density at radius 1 is 1.00 bits per heavy atom. The fourth-order valence-corrected chi connectivity index (χ4v) is 5.04. The number of nitrogen functional groups attached to an aromatic ring is 1. The molecule has 1 aliphatic heterocycles. The van der Waals surface area contributed by atoms with E-state index in [0.717, 1.165) is 12.0 Å². The minimum Gasteiger partial charge on any atom is -0.452 e. The van der Waals surface area contributed by atoms with Crippen LogP contribution in [-0.4, -0.2) is 41.5 Å². The smallest absolute Gasteiger partial charge is 0.340 e. The summed E-state index contributed by atoms with van der Waals surface area (Å²) in [5, 5.41) is 2.00. The number of anilines is 1. The lowest BCUT2D eigenvalue weighted by Gasteiger charge is -2.26. The normalized spacial score (nSPS) is 14.4. The van der Waals surface area contributed by atoms with Crippen LogP contribution in [0.15, 0.2) is 47.8 Å². The van der Waals surface area contributed by atoms with Crippen molar-refractivity contribution in [2.45, 2.75) is 13.0 Å². The van der Waals surface area contributed by atoms with Gasteiger partial charge < -0.3 is 15.4 Å². The molecule has 5 rings (SSSR count).